The lowest BCUT2D eigenvalue weighted by Gasteiger charge is -2.50. The molecule has 0 bridgehead atoms. The summed E-state index contributed by atoms with van der Waals surface area (Å²) in [6.07, 6.45) is 5.92. The Hall–Kier alpha value is -1.81. The molecule has 29 heavy (non-hydrogen) atoms. The fourth-order valence-corrected chi connectivity index (χ4v) is 6.57. The van der Waals surface area contributed by atoms with Crippen LogP contribution in [0.3, 0.4) is 0 Å². The molecule has 0 amide bonds. The van der Waals surface area contributed by atoms with Crippen LogP contribution >= 0.6 is 0 Å². The maximum Gasteiger partial charge on any atom is 0.310 e. The van der Waals surface area contributed by atoms with E-state index < -0.39 is 0 Å². The lowest BCUT2D eigenvalue weighted by Crippen LogP contribution is -2.50. The first-order valence-corrected chi connectivity index (χ1v) is 11.4. The van der Waals surface area contributed by atoms with Gasteiger partial charge in [-0.3, -0.25) is 9.69 Å². The number of fused-ring (bicyclic) bond motifs is 2. The molecule has 4 heteroatoms. The van der Waals surface area contributed by atoms with Gasteiger partial charge in [0, 0.05) is 44.3 Å². The molecule has 4 aliphatic rings. The summed E-state index contributed by atoms with van der Waals surface area (Å²) < 4.78 is 5.95. The SMILES string of the molecule is C=C1CCC[C@]2(C)C[C@H]3OC(=O)[C@H](CN4CCN(c5ccccc5)CC4)[C@H]3C[C@H]12. The monoisotopic (exact) mass is 394 g/mol. The highest BCUT2D eigenvalue weighted by molar-refractivity contribution is 5.75. The van der Waals surface area contributed by atoms with E-state index in [2.05, 4.69) is 53.6 Å². The van der Waals surface area contributed by atoms with Crippen molar-refractivity contribution < 1.29 is 9.53 Å². The third-order valence-electron chi connectivity index (χ3n) is 8.27. The topological polar surface area (TPSA) is 32.8 Å². The number of carbonyl (C=O) groups excluding carboxylic acids is 1. The minimum absolute atomic E-state index is 0.0440. The fraction of sp³-hybridized carbons (Fsp3) is 0.640. The molecule has 0 N–H and O–H groups in total. The smallest absolute Gasteiger partial charge is 0.310 e. The maximum atomic E-state index is 12.8. The van der Waals surface area contributed by atoms with Crippen LogP contribution in [0.25, 0.3) is 0 Å². The van der Waals surface area contributed by atoms with E-state index in [4.69, 9.17) is 4.74 Å². The van der Waals surface area contributed by atoms with E-state index in [9.17, 15) is 4.79 Å². The van der Waals surface area contributed by atoms with Crippen molar-refractivity contribution in [1.29, 1.82) is 0 Å². The molecule has 4 fully saturated rings. The number of rotatable bonds is 3. The Morgan fingerprint density at radius 1 is 1.17 bits per heavy atom. The summed E-state index contributed by atoms with van der Waals surface area (Å²) in [5, 5.41) is 0. The average Bonchev–Trinajstić information content (AvgIpc) is 3.01. The van der Waals surface area contributed by atoms with Gasteiger partial charge in [0.1, 0.15) is 6.10 Å². The van der Waals surface area contributed by atoms with Gasteiger partial charge in [0.05, 0.1) is 5.92 Å². The molecule has 2 saturated heterocycles. The summed E-state index contributed by atoms with van der Waals surface area (Å²) in [6, 6.07) is 10.6. The van der Waals surface area contributed by atoms with E-state index in [0.717, 1.165) is 45.6 Å². The highest BCUT2D eigenvalue weighted by atomic mass is 16.6. The first-order valence-electron chi connectivity index (χ1n) is 11.4. The Labute approximate surface area is 174 Å². The van der Waals surface area contributed by atoms with Crippen LogP contribution in [0, 0.1) is 23.2 Å². The van der Waals surface area contributed by atoms with E-state index in [1.807, 2.05) is 0 Å². The predicted molar refractivity (Wildman–Crippen MR) is 116 cm³/mol. The van der Waals surface area contributed by atoms with Crippen molar-refractivity contribution >= 4 is 11.7 Å². The number of hydrogen-bond acceptors (Lipinski definition) is 4. The fourth-order valence-electron chi connectivity index (χ4n) is 6.57. The summed E-state index contributed by atoms with van der Waals surface area (Å²) in [7, 11) is 0. The lowest BCUT2D eigenvalue weighted by molar-refractivity contribution is -0.146. The van der Waals surface area contributed by atoms with E-state index in [-0.39, 0.29) is 23.4 Å². The van der Waals surface area contributed by atoms with E-state index in [1.165, 1.54) is 30.5 Å². The Morgan fingerprint density at radius 2 is 1.93 bits per heavy atom. The second-order valence-electron chi connectivity index (χ2n) is 10.0. The number of carbonyl (C=O) groups is 1. The van der Waals surface area contributed by atoms with Crippen LogP contribution in [0.2, 0.25) is 0 Å². The van der Waals surface area contributed by atoms with Gasteiger partial charge in [0.2, 0.25) is 0 Å². The minimum atomic E-state index is 0.0440. The number of ether oxygens (including phenoxy) is 1. The van der Waals surface area contributed by atoms with E-state index in [0.29, 0.717) is 11.8 Å². The Bertz CT molecular complexity index is 770. The van der Waals surface area contributed by atoms with Crippen LogP contribution in [0.15, 0.2) is 42.5 Å². The van der Waals surface area contributed by atoms with Gasteiger partial charge in [-0.1, -0.05) is 37.3 Å². The van der Waals surface area contributed by atoms with Crippen molar-refractivity contribution in [2.45, 2.75) is 45.1 Å². The van der Waals surface area contributed by atoms with Crippen molar-refractivity contribution in [1.82, 2.24) is 4.90 Å². The summed E-state index contributed by atoms with van der Waals surface area (Å²) >= 11 is 0. The van der Waals surface area contributed by atoms with Crippen molar-refractivity contribution in [3.8, 4) is 0 Å². The van der Waals surface area contributed by atoms with Gasteiger partial charge in [0.15, 0.2) is 0 Å². The molecular weight excluding hydrogens is 360 g/mol. The van der Waals surface area contributed by atoms with Crippen LogP contribution in [0.4, 0.5) is 5.69 Å². The number of anilines is 1. The number of hydrogen-bond donors (Lipinski definition) is 0. The van der Waals surface area contributed by atoms with Gasteiger partial charge in [-0.25, -0.2) is 0 Å². The Kier molecular flexibility index (Phi) is 4.93. The van der Waals surface area contributed by atoms with Gasteiger partial charge in [-0.15, -0.1) is 0 Å². The third-order valence-corrected chi connectivity index (χ3v) is 8.27. The summed E-state index contributed by atoms with van der Waals surface area (Å²) in [5.74, 6) is 1.05. The van der Waals surface area contributed by atoms with E-state index in [1.54, 1.807) is 0 Å². The highest BCUT2D eigenvalue weighted by Crippen LogP contribution is 2.56. The molecule has 5 rings (SSSR count). The zero-order valence-corrected chi connectivity index (χ0v) is 17.7. The molecule has 2 aliphatic heterocycles. The lowest BCUT2D eigenvalue weighted by atomic mass is 9.55. The number of benzene rings is 1. The van der Waals surface area contributed by atoms with Gasteiger partial charge in [0.25, 0.3) is 0 Å². The molecule has 156 valence electrons. The van der Waals surface area contributed by atoms with Gasteiger partial charge < -0.3 is 9.64 Å². The van der Waals surface area contributed by atoms with Gasteiger partial charge in [-0.2, -0.15) is 0 Å². The Morgan fingerprint density at radius 3 is 2.69 bits per heavy atom. The molecule has 0 aromatic heterocycles. The Balaban J connectivity index is 1.23. The maximum absolute atomic E-state index is 12.8. The average molecular weight is 395 g/mol. The second-order valence-corrected chi connectivity index (χ2v) is 10.0. The van der Waals surface area contributed by atoms with Gasteiger partial charge in [-0.05, 0) is 55.6 Å². The predicted octanol–water partition coefficient (Wildman–Crippen LogP) is 4.12. The zero-order valence-electron chi connectivity index (χ0n) is 17.7. The van der Waals surface area contributed by atoms with Crippen LogP contribution in [-0.4, -0.2) is 49.7 Å². The quantitative estimate of drug-likeness (QED) is 0.570. The molecule has 2 saturated carbocycles. The first-order chi connectivity index (χ1) is 14.0. The van der Waals surface area contributed by atoms with E-state index >= 15 is 0 Å². The molecule has 0 radical (unpaired) electrons. The second kappa shape index (κ2) is 7.46. The summed E-state index contributed by atoms with van der Waals surface area (Å²) in [5.41, 5.74) is 3.01. The number of piperazine rings is 1. The van der Waals surface area contributed by atoms with Crippen molar-refractivity contribution in [3.63, 3.8) is 0 Å². The standard InChI is InChI=1S/C25H34N2O2/c1-18-7-6-10-25(2)16-23-20(15-22(18)25)21(24(28)29-23)17-26-11-13-27(14-12-26)19-8-4-3-5-9-19/h3-5,8-9,20-23H,1,6-7,10-17H2,2H3/t20-,21-,22-,23-,25-/m1/s1. The van der Waals surface area contributed by atoms with Crippen LogP contribution in [0.1, 0.15) is 39.0 Å². The van der Waals surface area contributed by atoms with Gasteiger partial charge >= 0.3 is 5.97 Å². The first kappa shape index (κ1) is 19.2. The van der Waals surface area contributed by atoms with Crippen molar-refractivity contribution in [3.05, 3.63) is 42.5 Å². The number of allylic oxidation sites excluding steroid dienone is 1. The zero-order chi connectivity index (χ0) is 20.0. The normalized spacial score (nSPS) is 37.8. The van der Waals surface area contributed by atoms with Crippen molar-refractivity contribution in [2.75, 3.05) is 37.6 Å². The number of para-hydroxylation sites is 1. The number of esters is 1. The minimum Gasteiger partial charge on any atom is -0.462 e. The molecule has 4 nitrogen and oxygen atoms in total. The largest absolute Gasteiger partial charge is 0.462 e. The summed E-state index contributed by atoms with van der Waals surface area (Å²) in [6.45, 7) is 11.8. The molecule has 2 heterocycles. The molecule has 1 aromatic rings. The van der Waals surface area contributed by atoms with Crippen LogP contribution in [0.5, 0.6) is 0 Å². The molecule has 0 unspecified atom stereocenters. The molecule has 2 aliphatic carbocycles. The summed E-state index contributed by atoms with van der Waals surface area (Å²) in [4.78, 5) is 17.7. The molecule has 0 spiro atoms. The molecular formula is C25H34N2O2. The highest BCUT2D eigenvalue weighted by Gasteiger charge is 2.55. The number of nitrogens with zero attached hydrogens (tertiary/aromatic N) is 2. The molecule has 5 atom stereocenters. The van der Waals surface area contributed by atoms with Crippen LogP contribution in [-0.2, 0) is 9.53 Å². The molecule has 1 aromatic carbocycles. The van der Waals surface area contributed by atoms with Crippen molar-refractivity contribution in [2.24, 2.45) is 23.2 Å². The third kappa shape index (κ3) is 3.50. The van der Waals surface area contributed by atoms with Crippen LogP contribution < -0.4 is 4.90 Å².